The number of aryl methyl sites for hydroxylation is 2. The molecule has 7 aromatic carbocycles. The third-order valence-electron chi connectivity index (χ3n) is 15.9. The summed E-state index contributed by atoms with van der Waals surface area (Å²) in [7, 11) is 0. The van der Waals surface area contributed by atoms with Gasteiger partial charge in [0.2, 0.25) is 0 Å². The number of carboxylic acid groups (broad SMARTS) is 2. The van der Waals surface area contributed by atoms with Crippen LogP contribution in [0, 0.1) is 60.1 Å². The van der Waals surface area contributed by atoms with Crippen LogP contribution in [0.1, 0.15) is 195 Å². The van der Waals surface area contributed by atoms with Crippen molar-refractivity contribution >= 4 is 110 Å². The van der Waals surface area contributed by atoms with Crippen molar-refractivity contribution in [1.29, 1.82) is 0 Å². The molecule has 8 N–H and O–H groups in total. The van der Waals surface area contributed by atoms with E-state index in [-0.39, 0.29) is 95.5 Å². The van der Waals surface area contributed by atoms with Crippen LogP contribution in [0.5, 0.6) is 28.7 Å². The number of alkyl halides is 1. The number of aliphatic carboxylic acids is 2. The predicted molar refractivity (Wildman–Crippen MR) is 484 cm³/mol. The number of ether oxygens (including phenoxy) is 6. The molecule has 0 aliphatic rings. The third kappa shape index (κ3) is 49.8. The van der Waals surface area contributed by atoms with Gasteiger partial charge in [0, 0.05) is 10.7 Å². The molecule has 0 saturated heterocycles. The highest BCUT2D eigenvalue weighted by Gasteiger charge is 2.28. The second kappa shape index (κ2) is 51.4. The second-order valence-electron chi connectivity index (χ2n) is 33.9. The summed E-state index contributed by atoms with van der Waals surface area (Å²) in [4.78, 5) is 80.3. The lowest BCUT2D eigenvalue weighted by atomic mass is 9.99. The van der Waals surface area contributed by atoms with Gasteiger partial charge in [0.1, 0.15) is 76.1 Å². The van der Waals surface area contributed by atoms with Crippen LogP contribution in [0.3, 0.4) is 0 Å². The van der Waals surface area contributed by atoms with Crippen molar-refractivity contribution in [1.82, 2.24) is 0 Å². The van der Waals surface area contributed by atoms with Crippen LogP contribution in [0.2, 0.25) is 0 Å². The number of aromatic hydroxyl groups is 4. The number of carbonyl (C=O) groups excluding carboxylic acids is 5. The van der Waals surface area contributed by atoms with E-state index in [0.29, 0.717) is 31.4 Å². The molecule has 0 radical (unpaired) electrons. The first-order chi connectivity index (χ1) is 53.8. The van der Waals surface area contributed by atoms with Gasteiger partial charge in [-0.05, 0) is 348 Å². The fourth-order valence-electron chi connectivity index (χ4n) is 10.3. The average Bonchev–Trinajstić information content (AvgIpc) is 0.866. The summed E-state index contributed by atoms with van der Waals surface area (Å²) in [5.41, 5.74) is 12.4. The monoisotopic (exact) mass is 1960 g/mol. The number of nitrogens with two attached hydrogens (primary N) is 1. The van der Waals surface area contributed by atoms with Gasteiger partial charge in [-0.3, -0.25) is 33.6 Å². The molecule has 646 valence electrons. The van der Waals surface area contributed by atoms with E-state index in [1.54, 1.807) is 79.7 Å². The van der Waals surface area contributed by atoms with Gasteiger partial charge in [-0.15, -0.1) is 0 Å². The van der Waals surface area contributed by atoms with Crippen LogP contribution in [0.25, 0.3) is 0 Å². The van der Waals surface area contributed by atoms with Gasteiger partial charge in [0.15, 0.2) is 0 Å². The number of hydrogen-bond acceptors (Lipinski definition) is 18. The number of carboxylic acids is 2. The van der Waals surface area contributed by atoms with Gasteiger partial charge in [-0.1, -0.05) is 125 Å². The zero-order valence-corrected chi connectivity index (χ0v) is 78.9. The molecule has 0 aliphatic carbocycles. The van der Waals surface area contributed by atoms with Gasteiger partial charge >= 0.3 is 41.8 Å². The Hall–Kier alpha value is -8.09. The van der Waals surface area contributed by atoms with Crippen molar-refractivity contribution in [3.8, 4) is 28.7 Å². The van der Waals surface area contributed by atoms with E-state index in [4.69, 9.17) is 54.6 Å². The van der Waals surface area contributed by atoms with E-state index < -0.39 is 58.6 Å². The molecule has 0 heterocycles. The molecule has 7 aromatic rings. The van der Waals surface area contributed by atoms with Crippen LogP contribution in [-0.2, 0) is 102 Å². The summed E-state index contributed by atoms with van der Waals surface area (Å²) in [5, 5.41) is 54.2. The molecule has 0 bridgehead atoms. The Morgan fingerprint density at radius 1 is 0.350 bits per heavy atom. The summed E-state index contributed by atoms with van der Waals surface area (Å²) in [6, 6.07) is 44.4. The molecule has 7 rings (SSSR count). The highest BCUT2D eigenvalue weighted by Crippen LogP contribution is 2.28. The molecule has 117 heavy (non-hydrogen) atoms. The van der Waals surface area contributed by atoms with E-state index in [9.17, 15) is 48.2 Å². The molecular formula is C93H127FI3NO19. The Morgan fingerprint density at radius 3 is 0.957 bits per heavy atom. The van der Waals surface area contributed by atoms with Crippen molar-refractivity contribution in [3.63, 3.8) is 0 Å². The van der Waals surface area contributed by atoms with E-state index in [1.807, 2.05) is 175 Å². The van der Waals surface area contributed by atoms with Crippen LogP contribution < -0.4 is 10.5 Å². The molecule has 0 saturated carbocycles. The van der Waals surface area contributed by atoms with Crippen LogP contribution in [0.4, 0.5) is 4.39 Å². The molecule has 24 heteroatoms. The van der Waals surface area contributed by atoms with Crippen molar-refractivity contribution in [3.05, 3.63) is 212 Å². The smallest absolute Gasteiger partial charge is 0.320 e. The van der Waals surface area contributed by atoms with Crippen molar-refractivity contribution < 1.29 is 97.0 Å². The Labute approximate surface area is 734 Å². The number of halogens is 4. The van der Waals surface area contributed by atoms with E-state index in [0.717, 1.165) is 47.8 Å². The molecule has 0 fully saturated rings. The number of phenolic OH excluding ortho intramolecular Hbond substituents is 4. The number of phenols is 4. The largest absolute Gasteiger partial charge is 0.508 e. The Bertz CT molecular complexity index is 4040. The first kappa shape index (κ1) is 107. The summed E-state index contributed by atoms with van der Waals surface area (Å²) in [6.07, 6.45) is 3.85. The average molecular weight is 1960 g/mol. The van der Waals surface area contributed by atoms with Gasteiger partial charge < -0.3 is 64.8 Å². The van der Waals surface area contributed by atoms with Gasteiger partial charge in [-0.2, -0.15) is 0 Å². The molecule has 0 spiro atoms. The highest BCUT2D eigenvalue weighted by atomic mass is 127. The molecule has 7 atom stereocenters. The highest BCUT2D eigenvalue weighted by molar-refractivity contribution is 14.1. The number of esters is 5. The maximum atomic E-state index is 12.1. The number of benzene rings is 7. The SMILES string of the molecule is C[C@@H](Cc1cc(O)ccc1I)C(=O)OC(C)(C)C.C[C@@H](Cc1cc(OCCF)ccc1I)C(=O)OC(C)(C)C.C[C@@H](Cc1cccc(O)c1)C(=O)O.C[C@@H](Cc1cccc(O)c1)C(=O)OC(C)(C)C.Cc1ccc(I)c(C[C@H](C)C(=O)OC(C)(C)C)c1.Cc1cccc(C[C@H](C)C(=O)OC(C)(C)C)c1.N[C@@H](Cc1cccc(O)c1)C(=O)O. The number of hydrogen-bond donors (Lipinski definition) is 7. The third-order valence-corrected chi connectivity index (χ3v) is 19.0. The predicted octanol–water partition coefficient (Wildman–Crippen LogP) is 20.2. The molecule has 0 aromatic heterocycles. The zero-order valence-electron chi connectivity index (χ0n) is 72.4. The van der Waals surface area contributed by atoms with Crippen LogP contribution in [-0.4, -0.2) is 120 Å². The lowest BCUT2D eigenvalue weighted by Crippen LogP contribution is -2.32. The Morgan fingerprint density at radius 2 is 0.632 bits per heavy atom. The second-order valence-corrected chi connectivity index (χ2v) is 37.4. The quantitative estimate of drug-likeness (QED) is 0.0168. The van der Waals surface area contributed by atoms with Gasteiger partial charge in [0.25, 0.3) is 0 Å². The standard InChI is InChI=1S/C16H22FIO3.C15H21IO2.C15H22O2.C14H19IO3.C14H20O3.C10H12O3.C9H11NO3/c1-11(15(19)21-16(2,3)4)9-12-10-13(20-8-7-17)5-6-14(12)18;1-10-6-7-13(16)12(8-10)9-11(2)14(17)18-15(3,4)5;1-11-7-6-8-13(9-11)10-12(2)14(16)17-15(3,4)5;1-9(13(17)18-14(2,3)4)7-10-8-11(16)5-6-12(10)15;1-10(13(16)17-14(2,3)4)8-11-6-5-7-12(15)9-11;1-7(10(12)13)5-8-3-2-4-9(11)6-8;10-8(9(12)13)5-6-2-1-3-7(11)4-6/h5-6,10-11H,7-9H2,1-4H3;6-8,11H,9H2,1-5H3;6-9,12H,10H2,1-5H3;5-6,8-9,16H,7H2,1-4H3;5-7,9-10,15H,8H2,1-4H3;2-4,6-7,11H,5H2,1H3,(H,12,13);1-4,8,11H,5,10H2,(H,12,13)/t2*11-;12-;9-;10-;7-;8-/m0000000/s1. The van der Waals surface area contributed by atoms with Crippen molar-refractivity contribution in [2.24, 2.45) is 41.2 Å². The lowest BCUT2D eigenvalue weighted by molar-refractivity contribution is -0.160. The number of carbonyl (C=O) groups is 7. The number of rotatable bonds is 24. The summed E-state index contributed by atoms with van der Waals surface area (Å²) in [5.74, 6) is -2.67. The first-order valence-electron chi connectivity index (χ1n) is 38.8. The van der Waals surface area contributed by atoms with Crippen LogP contribution >= 0.6 is 67.8 Å². The summed E-state index contributed by atoms with van der Waals surface area (Å²) in [6.45, 7) is 42.7. The fourth-order valence-corrected chi connectivity index (χ4v) is 12.0. The van der Waals surface area contributed by atoms with E-state index >= 15 is 0 Å². The fraction of sp³-hybridized carbons (Fsp3) is 0.473. The van der Waals surface area contributed by atoms with E-state index in [1.165, 1.54) is 38.0 Å². The Kier molecular flexibility index (Phi) is 47.0. The van der Waals surface area contributed by atoms with Crippen LogP contribution in [0.15, 0.2) is 152 Å². The van der Waals surface area contributed by atoms with Gasteiger partial charge in [0.05, 0.1) is 35.5 Å². The Balaban J connectivity index is 0.000000686. The van der Waals surface area contributed by atoms with Gasteiger partial charge in [-0.25, -0.2) is 4.39 Å². The lowest BCUT2D eigenvalue weighted by Gasteiger charge is -2.22. The van der Waals surface area contributed by atoms with Crippen molar-refractivity contribution in [2.75, 3.05) is 13.3 Å². The zero-order chi connectivity index (χ0) is 89.7. The molecule has 0 unspecified atom stereocenters. The summed E-state index contributed by atoms with van der Waals surface area (Å²) >= 11 is 6.73. The topological polar surface area (TPSA) is 322 Å². The molecule has 0 amide bonds. The molecular weight excluding hydrogens is 1830 g/mol. The molecule has 0 aliphatic heterocycles. The van der Waals surface area contributed by atoms with Crippen molar-refractivity contribution in [2.45, 2.75) is 238 Å². The maximum absolute atomic E-state index is 12.1. The summed E-state index contributed by atoms with van der Waals surface area (Å²) < 4.78 is 47.5. The van der Waals surface area contributed by atoms with E-state index in [2.05, 4.69) is 112 Å². The maximum Gasteiger partial charge on any atom is 0.320 e. The first-order valence-corrected chi connectivity index (χ1v) is 42.0. The minimum Gasteiger partial charge on any atom is -0.508 e. The normalized spacial score (nSPS) is 13.0. The molecule has 20 nitrogen and oxygen atoms in total. The minimum atomic E-state index is -1.04. The minimum absolute atomic E-state index is 0.0433.